The van der Waals surface area contributed by atoms with Crippen molar-refractivity contribution in [1.82, 2.24) is 0 Å². The molecular weight excluding hydrogens is 255 g/mol. The number of methoxy groups -OCH3 is 1. The van der Waals surface area contributed by atoms with Crippen molar-refractivity contribution in [3.8, 4) is 0 Å². The third-order valence-electron chi connectivity index (χ3n) is 2.51. The summed E-state index contributed by atoms with van der Waals surface area (Å²) in [5.74, 6) is -0.705. The zero-order valence-corrected chi connectivity index (χ0v) is 11.1. The second-order valence-corrected chi connectivity index (χ2v) is 4.21. The van der Waals surface area contributed by atoms with Gasteiger partial charge in [-0.2, -0.15) is 0 Å². The van der Waals surface area contributed by atoms with E-state index < -0.39 is 5.82 Å². The van der Waals surface area contributed by atoms with Gasteiger partial charge in [-0.15, -0.1) is 0 Å². The van der Waals surface area contributed by atoms with Crippen molar-refractivity contribution >= 4 is 28.9 Å². The summed E-state index contributed by atoms with van der Waals surface area (Å²) in [7, 11) is 3.11. The molecule has 0 heterocycles. The molecule has 0 spiro atoms. The second-order valence-electron chi connectivity index (χ2n) is 3.77. The smallest absolute Gasteiger partial charge is 0.307 e. The fourth-order valence-corrected chi connectivity index (χ4v) is 1.68. The fraction of sp³-hybridized carbons (Fsp3) is 0.333. The van der Waals surface area contributed by atoms with Gasteiger partial charge < -0.3 is 15.4 Å². The Labute approximate surface area is 111 Å². The van der Waals surface area contributed by atoms with E-state index in [9.17, 15) is 9.18 Å². The first kappa shape index (κ1) is 14.4. The summed E-state index contributed by atoms with van der Waals surface area (Å²) in [5, 5.41) is 0. The van der Waals surface area contributed by atoms with Gasteiger partial charge in [0.05, 0.1) is 13.5 Å². The van der Waals surface area contributed by atoms with Gasteiger partial charge in [-0.1, -0.05) is 12.2 Å². The van der Waals surface area contributed by atoms with Crippen molar-refractivity contribution in [2.45, 2.75) is 6.42 Å². The average molecular weight is 270 g/mol. The number of halogens is 1. The van der Waals surface area contributed by atoms with E-state index in [4.69, 9.17) is 18.0 Å². The molecule has 18 heavy (non-hydrogen) atoms. The lowest BCUT2D eigenvalue weighted by Crippen LogP contribution is -2.25. The van der Waals surface area contributed by atoms with Gasteiger partial charge in [-0.05, 0) is 18.2 Å². The number of ether oxygens (including phenoxy) is 1. The van der Waals surface area contributed by atoms with Crippen LogP contribution in [0.3, 0.4) is 0 Å². The summed E-state index contributed by atoms with van der Waals surface area (Å²) in [4.78, 5) is 13.0. The van der Waals surface area contributed by atoms with E-state index in [1.807, 2.05) is 0 Å². The van der Waals surface area contributed by atoms with E-state index >= 15 is 0 Å². The molecule has 0 saturated carbocycles. The maximum atomic E-state index is 13.1. The van der Waals surface area contributed by atoms with Crippen LogP contribution in [0.25, 0.3) is 0 Å². The molecule has 1 aromatic carbocycles. The fourth-order valence-electron chi connectivity index (χ4n) is 1.52. The van der Waals surface area contributed by atoms with Crippen LogP contribution in [0.5, 0.6) is 0 Å². The predicted molar refractivity (Wildman–Crippen MR) is 72.2 cm³/mol. The number of nitrogens with two attached hydrogens (primary N) is 1. The summed E-state index contributed by atoms with van der Waals surface area (Å²) in [6.45, 7) is 0.438. The van der Waals surface area contributed by atoms with E-state index in [1.54, 1.807) is 18.0 Å². The first-order valence-electron chi connectivity index (χ1n) is 5.33. The van der Waals surface area contributed by atoms with Crippen molar-refractivity contribution in [2.24, 2.45) is 5.73 Å². The Morgan fingerprint density at radius 1 is 1.56 bits per heavy atom. The molecule has 4 nitrogen and oxygen atoms in total. The molecule has 1 aromatic rings. The Balaban J connectivity index is 2.88. The summed E-state index contributed by atoms with van der Waals surface area (Å²) < 4.78 is 17.7. The summed E-state index contributed by atoms with van der Waals surface area (Å²) in [6.07, 6.45) is 0.237. The summed E-state index contributed by atoms with van der Waals surface area (Å²) in [6, 6.07) is 4.19. The molecule has 1 rings (SSSR count). The predicted octanol–water partition coefficient (Wildman–Crippen LogP) is 1.46. The first-order chi connectivity index (χ1) is 8.45. The highest BCUT2D eigenvalue weighted by Crippen LogP contribution is 2.20. The molecule has 0 saturated heterocycles. The lowest BCUT2D eigenvalue weighted by atomic mass is 10.1. The van der Waals surface area contributed by atoms with Crippen molar-refractivity contribution in [2.75, 3.05) is 25.6 Å². The largest absolute Gasteiger partial charge is 0.469 e. The lowest BCUT2D eigenvalue weighted by molar-refractivity contribution is -0.140. The quantitative estimate of drug-likeness (QED) is 0.648. The first-order valence-corrected chi connectivity index (χ1v) is 5.74. The number of thiocarbonyl (C=S) groups is 1. The van der Waals surface area contributed by atoms with Gasteiger partial charge >= 0.3 is 5.97 Å². The van der Waals surface area contributed by atoms with Crippen LogP contribution in [-0.4, -0.2) is 31.7 Å². The minimum Gasteiger partial charge on any atom is -0.469 e. The van der Waals surface area contributed by atoms with Crippen LogP contribution in [0.2, 0.25) is 0 Å². The van der Waals surface area contributed by atoms with Gasteiger partial charge in [0.2, 0.25) is 0 Å². The van der Waals surface area contributed by atoms with Crippen molar-refractivity contribution < 1.29 is 13.9 Å². The summed E-state index contributed by atoms with van der Waals surface area (Å²) in [5.41, 5.74) is 6.69. The van der Waals surface area contributed by atoms with Gasteiger partial charge in [-0.3, -0.25) is 4.79 Å². The molecule has 0 aromatic heterocycles. The lowest BCUT2D eigenvalue weighted by Gasteiger charge is -2.21. The number of carbonyl (C=O) groups excluding carboxylic acids is 1. The van der Waals surface area contributed by atoms with E-state index in [1.165, 1.54) is 19.2 Å². The maximum absolute atomic E-state index is 13.1. The molecule has 0 aliphatic rings. The number of hydrogen-bond acceptors (Lipinski definition) is 4. The number of benzene rings is 1. The average Bonchev–Trinajstić information content (AvgIpc) is 2.35. The van der Waals surface area contributed by atoms with Crippen molar-refractivity contribution in [3.05, 3.63) is 29.6 Å². The monoisotopic (exact) mass is 270 g/mol. The number of nitrogens with zero attached hydrogens (tertiary/aromatic N) is 1. The minimum absolute atomic E-state index is 0.120. The maximum Gasteiger partial charge on any atom is 0.307 e. The van der Waals surface area contributed by atoms with Gasteiger partial charge in [-0.25, -0.2) is 4.39 Å². The Bertz CT molecular complexity index is 465. The van der Waals surface area contributed by atoms with Crippen LogP contribution in [0.4, 0.5) is 10.1 Å². The second kappa shape index (κ2) is 6.30. The van der Waals surface area contributed by atoms with Gasteiger partial charge in [0.15, 0.2) is 0 Å². The van der Waals surface area contributed by atoms with Crippen LogP contribution >= 0.6 is 12.2 Å². The zero-order chi connectivity index (χ0) is 13.7. The van der Waals surface area contributed by atoms with Crippen LogP contribution in [0, 0.1) is 5.82 Å². The minimum atomic E-state index is -0.400. The molecule has 98 valence electrons. The van der Waals surface area contributed by atoms with Gasteiger partial charge in [0, 0.05) is 24.8 Å². The molecule has 2 N–H and O–H groups in total. The number of anilines is 1. The molecule has 0 unspecified atom stereocenters. The van der Waals surface area contributed by atoms with E-state index in [0.29, 0.717) is 17.8 Å². The van der Waals surface area contributed by atoms with Crippen LogP contribution in [-0.2, 0) is 9.53 Å². The molecule has 0 aliphatic heterocycles. The van der Waals surface area contributed by atoms with Crippen molar-refractivity contribution in [1.29, 1.82) is 0 Å². The van der Waals surface area contributed by atoms with Crippen LogP contribution < -0.4 is 10.6 Å². The third kappa shape index (κ3) is 3.66. The van der Waals surface area contributed by atoms with Crippen molar-refractivity contribution in [3.63, 3.8) is 0 Å². The number of carbonyl (C=O) groups is 1. The number of rotatable bonds is 5. The highest BCUT2D eigenvalue weighted by molar-refractivity contribution is 7.80. The van der Waals surface area contributed by atoms with E-state index in [2.05, 4.69) is 4.74 Å². The molecule has 0 radical (unpaired) electrons. The highest BCUT2D eigenvalue weighted by atomic mass is 32.1. The molecule has 0 aliphatic carbocycles. The molecule has 0 bridgehead atoms. The Morgan fingerprint density at radius 3 is 2.78 bits per heavy atom. The van der Waals surface area contributed by atoms with E-state index in [0.717, 1.165) is 0 Å². The Hall–Kier alpha value is -1.69. The molecule has 0 fully saturated rings. The Kier molecular flexibility index (Phi) is 5.03. The Morgan fingerprint density at radius 2 is 2.22 bits per heavy atom. The molecule has 0 amide bonds. The standard InChI is InChI=1S/C12H15FN2O2S/c1-15(6-5-11(16)17-2)10-4-3-8(13)7-9(10)12(14)18/h3-4,7H,5-6H2,1-2H3,(H2,14,18). The third-order valence-corrected chi connectivity index (χ3v) is 2.73. The highest BCUT2D eigenvalue weighted by Gasteiger charge is 2.12. The number of esters is 1. The van der Waals surface area contributed by atoms with Crippen LogP contribution in [0.15, 0.2) is 18.2 Å². The summed E-state index contributed by atoms with van der Waals surface area (Å²) >= 11 is 4.88. The SMILES string of the molecule is COC(=O)CCN(C)c1ccc(F)cc1C(N)=S. The van der Waals surface area contributed by atoms with E-state index in [-0.39, 0.29) is 17.4 Å². The molecule has 0 atom stereocenters. The van der Waals surface area contributed by atoms with Crippen LogP contribution in [0.1, 0.15) is 12.0 Å². The normalized spacial score (nSPS) is 9.94. The number of hydrogen-bond donors (Lipinski definition) is 1. The van der Waals surface area contributed by atoms with Gasteiger partial charge in [0.25, 0.3) is 0 Å². The zero-order valence-electron chi connectivity index (χ0n) is 10.3. The topological polar surface area (TPSA) is 55.6 Å². The molecular formula is C12H15FN2O2S. The van der Waals surface area contributed by atoms with Gasteiger partial charge in [0.1, 0.15) is 10.8 Å². The molecule has 6 heteroatoms.